The molecule has 2 rings (SSSR count). The molecule has 0 radical (unpaired) electrons. The number of hydrogen-bond donors (Lipinski definition) is 1. The van der Waals surface area contributed by atoms with Crippen molar-refractivity contribution in [3.8, 4) is 0 Å². The lowest BCUT2D eigenvalue weighted by Gasteiger charge is -2.10. The van der Waals surface area contributed by atoms with Crippen molar-refractivity contribution < 1.29 is 0 Å². The zero-order valence-corrected chi connectivity index (χ0v) is 9.63. The normalized spacial score (nSPS) is 17.2. The summed E-state index contributed by atoms with van der Waals surface area (Å²) in [7, 11) is 0. The van der Waals surface area contributed by atoms with Gasteiger partial charge in [0, 0.05) is 12.6 Å². The number of anilines is 1. The van der Waals surface area contributed by atoms with E-state index in [1.165, 1.54) is 25.7 Å². The number of nitrogens with zero attached hydrogens (tertiary/aromatic N) is 2. The summed E-state index contributed by atoms with van der Waals surface area (Å²) in [6, 6.07) is 1.91. The monoisotopic (exact) mass is 255 g/mol. The fourth-order valence-corrected chi connectivity index (χ4v) is 2.20. The van der Waals surface area contributed by atoms with Crippen molar-refractivity contribution in [2.45, 2.75) is 25.7 Å². The molecule has 3 nitrogen and oxygen atoms in total. The molecule has 1 aromatic heterocycles. The smallest absolute Gasteiger partial charge is 0.130 e. The molecule has 0 aromatic carbocycles. The van der Waals surface area contributed by atoms with Crippen molar-refractivity contribution in [2.24, 2.45) is 5.92 Å². The molecule has 0 aliphatic heterocycles. The van der Waals surface area contributed by atoms with E-state index in [1.807, 2.05) is 6.07 Å². The van der Waals surface area contributed by atoms with Crippen LogP contribution in [0.15, 0.2) is 17.0 Å². The van der Waals surface area contributed by atoms with Gasteiger partial charge in [-0.2, -0.15) is 0 Å². The largest absolute Gasteiger partial charge is 0.370 e. The molecule has 0 amide bonds. The van der Waals surface area contributed by atoms with Gasteiger partial charge < -0.3 is 5.32 Å². The van der Waals surface area contributed by atoms with E-state index < -0.39 is 0 Å². The maximum Gasteiger partial charge on any atom is 0.130 e. The predicted octanol–water partition coefficient (Wildman–Crippen LogP) is 2.84. The molecule has 0 spiro atoms. The van der Waals surface area contributed by atoms with Crippen molar-refractivity contribution >= 4 is 21.7 Å². The Morgan fingerprint density at radius 3 is 2.86 bits per heavy atom. The summed E-state index contributed by atoms with van der Waals surface area (Å²) < 4.78 is 0.835. The summed E-state index contributed by atoms with van der Waals surface area (Å²) in [6.45, 7) is 1.05. The predicted molar refractivity (Wildman–Crippen MR) is 60.2 cm³/mol. The van der Waals surface area contributed by atoms with Gasteiger partial charge in [-0.15, -0.1) is 0 Å². The Labute approximate surface area is 92.5 Å². The first kappa shape index (κ1) is 9.90. The van der Waals surface area contributed by atoms with Gasteiger partial charge in [0.1, 0.15) is 16.7 Å². The van der Waals surface area contributed by atoms with Crippen LogP contribution in [0.25, 0.3) is 0 Å². The molecule has 1 aliphatic rings. The van der Waals surface area contributed by atoms with Crippen molar-refractivity contribution in [3.63, 3.8) is 0 Å². The maximum atomic E-state index is 4.15. The summed E-state index contributed by atoms with van der Waals surface area (Å²) in [5.41, 5.74) is 0. The molecule has 0 unspecified atom stereocenters. The lowest BCUT2D eigenvalue weighted by atomic mass is 10.1. The number of halogens is 1. The van der Waals surface area contributed by atoms with E-state index in [1.54, 1.807) is 6.33 Å². The van der Waals surface area contributed by atoms with Crippen LogP contribution < -0.4 is 5.32 Å². The number of nitrogens with one attached hydrogen (secondary N) is 1. The van der Waals surface area contributed by atoms with Gasteiger partial charge in [-0.25, -0.2) is 9.97 Å². The highest BCUT2D eigenvalue weighted by molar-refractivity contribution is 9.10. The fraction of sp³-hybridized carbons (Fsp3) is 0.600. The van der Waals surface area contributed by atoms with Crippen molar-refractivity contribution in [2.75, 3.05) is 11.9 Å². The van der Waals surface area contributed by atoms with E-state index in [9.17, 15) is 0 Å². The van der Waals surface area contributed by atoms with Gasteiger partial charge in [0.25, 0.3) is 0 Å². The van der Waals surface area contributed by atoms with Crippen LogP contribution in [0.1, 0.15) is 25.7 Å². The first-order valence-electron chi connectivity index (χ1n) is 5.06. The molecule has 1 N–H and O–H groups in total. The lowest BCUT2D eigenvalue weighted by Crippen LogP contribution is -2.11. The summed E-state index contributed by atoms with van der Waals surface area (Å²) in [6.07, 6.45) is 7.07. The number of hydrogen-bond acceptors (Lipinski definition) is 3. The molecule has 0 atom stereocenters. The molecule has 1 saturated carbocycles. The molecular formula is C10H14BrN3. The molecule has 1 heterocycles. The van der Waals surface area contributed by atoms with E-state index >= 15 is 0 Å². The van der Waals surface area contributed by atoms with E-state index in [2.05, 4.69) is 31.2 Å². The summed E-state index contributed by atoms with van der Waals surface area (Å²) in [5, 5.41) is 3.35. The van der Waals surface area contributed by atoms with E-state index in [0.29, 0.717) is 0 Å². The molecule has 1 fully saturated rings. The Balaban J connectivity index is 1.85. The average Bonchev–Trinajstić information content (AvgIpc) is 2.67. The molecule has 1 aromatic rings. The molecule has 0 saturated heterocycles. The summed E-state index contributed by atoms with van der Waals surface area (Å²) in [5.74, 6) is 1.75. The van der Waals surface area contributed by atoms with E-state index in [4.69, 9.17) is 0 Å². The van der Waals surface area contributed by atoms with Gasteiger partial charge in [-0.1, -0.05) is 12.8 Å². The fourth-order valence-electron chi connectivity index (χ4n) is 1.89. The standard InChI is InChI=1S/C10H14BrN3/c11-9-5-10(14-7-13-9)12-6-8-3-1-2-4-8/h5,7-8H,1-4,6H2,(H,12,13,14). The van der Waals surface area contributed by atoms with E-state index in [0.717, 1.165) is 22.9 Å². The molecule has 14 heavy (non-hydrogen) atoms. The minimum atomic E-state index is 0.835. The maximum absolute atomic E-state index is 4.15. The van der Waals surface area contributed by atoms with Gasteiger partial charge in [0.15, 0.2) is 0 Å². The quantitative estimate of drug-likeness (QED) is 0.845. The van der Waals surface area contributed by atoms with Gasteiger partial charge in [0.2, 0.25) is 0 Å². The zero-order valence-electron chi connectivity index (χ0n) is 8.04. The SMILES string of the molecule is Brc1cc(NCC2CCCC2)ncn1. The van der Waals surface area contributed by atoms with Crippen LogP contribution in [-0.2, 0) is 0 Å². The Morgan fingerprint density at radius 1 is 1.36 bits per heavy atom. The Kier molecular flexibility index (Phi) is 3.35. The van der Waals surface area contributed by atoms with Gasteiger partial charge >= 0.3 is 0 Å². The van der Waals surface area contributed by atoms with Crippen LogP contribution in [0.3, 0.4) is 0 Å². The van der Waals surface area contributed by atoms with Crippen molar-refractivity contribution in [3.05, 3.63) is 17.0 Å². The lowest BCUT2D eigenvalue weighted by molar-refractivity contribution is 0.579. The second-order valence-electron chi connectivity index (χ2n) is 3.76. The number of aromatic nitrogens is 2. The molecule has 76 valence electrons. The van der Waals surface area contributed by atoms with Gasteiger partial charge in [-0.05, 0) is 34.7 Å². The molecule has 4 heteroatoms. The first-order valence-corrected chi connectivity index (χ1v) is 5.85. The highest BCUT2D eigenvalue weighted by Gasteiger charge is 2.14. The second-order valence-corrected chi connectivity index (χ2v) is 4.57. The first-order chi connectivity index (χ1) is 6.84. The number of rotatable bonds is 3. The Bertz CT molecular complexity index is 297. The molecule has 0 bridgehead atoms. The van der Waals surface area contributed by atoms with Crippen molar-refractivity contribution in [1.82, 2.24) is 9.97 Å². The summed E-state index contributed by atoms with van der Waals surface area (Å²) in [4.78, 5) is 8.13. The Morgan fingerprint density at radius 2 is 2.14 bits per heavy atom. The van der Waals surface area contributed by atoms with Gasteiger partial charge in [0.05, 0.1) is 0 Å². The van der Waals surface area contributed by atoms with Gasteiger partial charge in [-0.3, -0.25) is 0 Å². The van der Waals surface area contributed by atoms with Crippen LogP contribution in [-0.4, -0.2) is 16.5 Å². The molecular weight excluding hydrogens is 242 g/mol. The minimum Gasteiger partial charge on any atom is -0.370 e. The van der Waals surface area contributed by atoms with E-state index in [-0.39, 0.29) is 0 Å². The Hall–Kier alpha value is -0.640. The second kappa shape index (κ2) is 4.73. The topological polar surface area (TPSA) is 37.8 Å². The highest BCUT2D eigenvalue weighted by atomic mass is 79.9. The summed E-state index contributed by atoms with van der Waals surface area (Å²) >= 11 is 3.32. The molecule has 1 aliphatic carbocycles. The zero-order chi connectivity index (χ0) is 9.80. The van der Waals surface area contributed by atoms with Crippen LogP contribution in [0.4, 0.5) is 5.82 Å². The van der Waals surface area contributed by atoms with Crippen LogP contribution in [0.5, 0.6) is 0 Å². The van der Waals surface area contributed by atoms with Crippen LogP contribution in [0.2, 0.25) is 0 Å². The highest BCUT2D eigenvalue weighted by Crippen LogP contribution is 2.24. The van der Waals surface area contributed by atoms with Crippen LogP contribution >= 0.6 is 15.9 Å². The third-order valence-electron chi connectivity index (χ3n) is 2.68. The van der Waals surface area contributed by atoms with Crippen LogP contribution in [0, 0.1) is 5.92 Å². The van der Waals surface area contributed by atoms with Crippen molar-refractivity contribution in [1.29, 1.82) is 0 Å². The third kappa shape index (κ3) is 2.67. The third-order valence-corrected chi connectivity index (χ3v) is 3.11. The average molecular weight is 256 g/mol. The minimum absolute atomic E-state index is 0.835.